The molecule has 3 aromatic rings. The monoisotopic (exact) mass is 267 g/mol. The molecule has 0 fully saturated rings. The highest BCUT2D eigenvalue weighted by atomic mass is 16.5. The first kappa shape index (κ1) is 12.3. The van der Waals surface area contributed by atoms with Crippen molar-refractivity contribution in [3.05, 3.63) is 54.5 Å². The number of nitrogens with zero attached hydrogens (tertiary/aromatic N) is 3. The van der Waals surface area contributed by atoms with Crippen LogP contribution in [0.2, 0.25) is 0 Å². The van der Waals surface area contributed by atoms with E-state index in [0.29, 0.717) is 12.2 Å². The number of pyridine rings is 1. The van der Waals surface area contributed by atoms with E-state index in [2.05, 4.69) is 10.1 Å². The first-order valence-electron chi connectivity index (χ1n) is 6.35. The van der Waals surface area contributed by atoms with Crippen molar-refractivity contribution < 1.29 is 9.53 Å². The van der Waals surface area contributed by atoms with Gasteiger partial charge in [0.05, 0.1) is 29.6 Å². The van der Waals surface area contributed by atoms with Crippen LogP contribution in [0, 0.1) is 0 Å². The molecule has 0 amide bonds. The number of fused-ring (bicyclic) bond motifs is 1. The smallest absolute Gasteiger partial charge is 0.341 e. The largest absolute Gasteiger partial charge is 0.462 e. The summed E-state index contributed by atoms with van der Waals surface area (Å²) >= 11 is 0. The molecule has 0 saturated heterocycles. The molecule has 0 aliphatic rings. The van der Waals surface area contributed by atoms with Crippen LogP contribution in [-0.2, 0) is 4.74 Å². The molecule has 0 bridgehead atoms. The molecule has 0 aliphatic heterocycles. The van der Waals surface area contributed by atoms with Crippen LogP contribution in [0.1, 0.15) is 17.3 Å². The van der Waals surface area contributed by atoms with Gasteiger partial charge in [-0.2, -0.15) is 5.10 Å². The van der Waals surface area contributed by atoms with Gasteiger partial charge in [0.15, 0.2) is 0 Å². The van der Waals surface area contributed by atoms with Crippen LogP contribution >= 0.6 is 0 Å². The zero-order valence-electron chi connectivity index (χ0n) is 11.0. The molecule has 2 heterocycles. The molecule has 1 aromatic carbocycles. The first-order valence-corrected chi connectivity index (χ1v) is 6.35. The van der Waals surface area contributed by atoms with Crippen LogP contribution in [0.3, 0.4) is 0 Å². The van der Waals surface area contributed by atoms with E-state index in [1.807, 2.05) is 30.3 Å². The van der Waals surface area contributed by atoms with E-state index < -0.39 is 0 Å². The number of esters is 1. The van der Waals surface area contributed by atoms with E-state index in [1.165, 1.54) is 6.20 Å². The Balaban J connectivity index is 2.06. The van der Waals surface area contributed by atoms with Gasteiger partial charge in [-0.05, 0) is 31.2 Å². The Kier molecular flexibility index (Phi) is 3.16. The lowest BCUT2D eigenvalue weighted by atomic mass is 10.2. The van der Waals surface area contributed by atoms with Crippen molar-refractivity contribution in [1.29, 1.82) is 0 Å². The van der Waals surface area contributed by atoms with Crippen molar-refractivity contribution in [2.24, 2.45) is 0 Å². The van der Waals surface area contributed by atoms with Gasteiger partial charge in [0.25, 0.3) is 0 Å². The van der Waals surface area contributed by atoms with Gasteiger partial charge in [-0.3, -0.25) is 4.98 Å². The Bertz CT molecular complexity index is 759. The number of rotatable bonds is 3. The molecule has 100 valence electrons. The van der Waals surface area contributed by atoms with Crippen molar-refractivity contribution in [1.82, 2.24) is 14.8 Å². The Morgan fingerprint density at radius 3 is 3.05 bits per heavy atom. The lowest BCUT2D eigenvalue weighted by Gasteiger charge is -2.05. The summed E-state index contributed by atoms with van der Waals surface area (Å²) in [5.74, 6) is -0.364. The fourth-order valence-corrected chi connectivity index (χ4v) is 2.06. The third-order valence-electron chi connectivity index (χ3n) is 2.96. The lowest BCUT2D eigenvalue weighted by molar-refractivity contribution is 0.0526. The first-order chi connectivity index (χ1) is 9.79. The van der Waals surface area contributed by atoms with Gasteiger partial charge >= 0.3 is 5.97 Å². The molecule has 0 atom stereocenters. The summed E-state index contributed by atoms with van der Waals surface area (Å²) in [6.07, 6.45) is 4.92. The Morgan fingerprint density at radius 2 is 2.20 bits per heavy atom. The third-order valence-corrected chi connectivity index (χ3v) is 2.96. The van der Waals surface area contributed by atoms with Gasteiger partial charge in [0, 0.05) is 17.8 Å². The minimum absolute atomic E-state index is 0.349. The molecule has 3 rings (SSSR count). The summed E-state index contributed by atoms with van der Waals surface area (Å²) in [5.41, 5.74) is 2.21. The molecule has 0 spiro atoms. The van der Waals surface area contributed by atoms with E-state index in [4.69, 9.17) is 4.74 Å². The highest BCUT2D eigenvalue weighted by molar-refractivity contribution is 5.90. The fourth-order valence-electron chi connectivity index (χ4n) is 2.06. The quantitative estimate of drug-likeness (QED) is 0.684. The number of carbonyl (C=O) groups excluding carboxylic acids is 1. The maximum Gasteiger partial charge on any atom is 0.341 e. The summed E-state index contributed by atoms with van der Waals surface area (Å²) in [6.45, 7) is 2.13. The average Bonchev–Trinajstić information content (AvgIpc) is 2.97. The van der Waals surface area contributed by atoms with Crippen molar-refractivity contribution in [2.75, 3.05) is 6.61 Å². The fraction of sp³-hybridized carbons (Fsp3) is 0.133. The molecule has 0 radical (unpaired) electrons. The molecule has 0 aliphatic carbocycles. The van der Waals surface area contributed by atoms with Crippen molar-refractivity contribution >= 4 is 16.9 Å². The van der Waals surface area contributed by atoms with Crippen molar-refractivity contribution in [3.8, 4) is 5.69 Å². The normalized spacial score (nSPS) is 10.7. The summed E-state index contributed by atoms with van der Waals surface area (Å²) in [5, 5.41) is 5.21. The highest BCUT2D eigenvalue weighted by Crippen LogP contribution is 2.20. The Morgan fingerprint density at radius 1 is 1.30 bits per heavy atom. The zero-order valence-corrected chi connectivity index (χ0v) is 11.0. The SMILES string of the molecule is CCOC(=O)c1cnn(-c2cccc3ncccc23)c1. The number of hydrogen-bond donors (Lipinski definition) is 0. The van der Waals surface area contributed by atoms with Gasteiger partial charge in [-0.25, -0.2) is 9.48 Å². The minimum Gasteiger partial charge on any atom is -0.462 e. The van der Waals surface area contributed by atoms with Gasteiger partial charge in [-0.1, -0.05) is 6.07 Å². The van der Waals surface area contributed by atoms with Gasteiger partial charge < -0.3 is 4.74 Å². The molecule has 20 heavy (non-hydrogen) atoms. The van der Waals surface area contributed by atoms with Crippen LogP contribution < -0.4 is 0 Å². The number of carbonyl (C=O) groups is 1. The van der Waals surface area contributed by atoms with Crippen LogP contribution in [0.4, 0.5) is 0 Å². The Hall–Kier alpha value is -2.69. The summed E-state index contributed by atoms with van der Waals surface area (Å²) < 4.78 is 6.62. The second-order valence-electron chi connectivity index (χ2n) is 4.24. The summed E-state index contributed by atoms with van der Waals surface area (Å²) in [4.78, 5) is 16.0. The molecule has 0 saturated carbocycles. The summed E-state index contributed by atoms with van der Waals surface area (Å²) in [7, 11) is 0. The van der Waals surface area contributed by atoms with Crippen molar-refractivity contribution in [3.63, 3.8) is 0 Å². The van der Waals surface area contributed by atoms with E-state index in [-0.39, 0.29) is 5.97 Å². The predicted molar refractivity (Wildman–Crippen MR) is 74.8 cm³/mol. The number of ether oxygens (including phenoxy) is 1. The van der Waals surface area contributed by atoms with Crippen molar-refractivity contribution in [2.45, 2.75) is 6.92 Å². The van der Waals surface area contributed by atoms with Gasteiger partial charge in [0.1, 0.15) is 0 Å². The topological polar surface area (TPSA) is 57.0 Å². The molecule has 5 heteroatoms. The van der Waals surface area contributed by atoms with E-state index in [0.717, 1.165) is 16.6 Å². The third kappa shape index (κ3) is 2.14. The predicted octanol–water partition coefficient (Wildman–Crippen LogP) is 2.60. The van der Waals surface area contributed by atoms with Crippen LogP contribution in [0.5, 0.6) is 0 Å². The average molecular weight is 267 g/mol. The molecular weight excluding hydrogens is 254 g/mol. The van der Waals surface area contributed by atoms with Gasteiger partial charge in [0.2, 0.25) is 0 Å². The van der Waals surface area contributed by atoms with Gasteiger partial charge in [-0.15, -0.1) is 0 Å². The van der Waals surface area contributed by atoms with Crippen LogP contribution in [-0.4, -0.2) is 27.3 Å². The second-order valence-corrected chi connectivity index (χ2v) is 4.24. The van der Waals surface area contributed by atoms with Crippen LogP contribution in [0.25, 0.3) is 16.6 Å². The molecular formula is C15H13N3O2. The maximum atomic E-state index is 11.7. The molecule has 0 unspecified atom stereocenters. The standard InChI is InChI=1S/C15H13N3O2/c1-2-20-15(19)11-9-17-18(10-11)14-7-3-6-13-12(14)5-4-8-16-13/h3-10H,2H2,1H3. The van der Waals surface area contributed by atoms with E-state index in [9.17, 15) is 4.79 Å². The number of benzene rings is 1. The molecule has 0 N–H and O–H groups in total. The second kappa shape index (κ2) is 5.13. The number of hydrogen-bond acceptors (Lipinski definition) is 4. The highest BCUT2D eigenvalue weighted by Gasteiger charge is 2.11. The maximum absolute atomic E-state index is 11.7. The zero-order chi connectivity index (χ0) is 13.9. The number of aromatic nitrogens is 3. The Labute approximate surface area is 115 Å². The van der Waals surface area contributed by atoms with E-state index >= 15 is 0 Å². The van der Waals surface area contributed by atoms with Crippen LogP contribution in [0.15, 0.2) is 48.9 Å². The lowest BCUT2D eigenvalue weighted by Crippen LogP contribution is -2.03. The summed E-state index contributed by atoms with van der Waals surface area (Å²) in [6, 6.07) is 9.64. The molecule has 2 aromatic heterocycles. The minimum atomic E-state index is -0.364. The molecule has 5 nitrogen and oxygen atoms in total. The van der Waals surface area contributed by atoms with E-state index in [1.54, 1.807) is 24.0 Å².